The Balaban J connectivity index is 2.25. The number of aryl methyl sites for hydroxylation is 2. The van der Waals surface area contributed by atoms with Gasteiger partial charge in [-0.2, -0.15) is 0 Å². The maximum atomic E-state index is 5.14. The Morgan fingerprint density at radius 1 is 1.40 bits per heavy atom. The Kier molecular flexibility index (Phi) is 5.20. The Morgan fingerprint density at radius 2 is 2.20 bits per heavy atom. The van der Waals surface area contributed by atoms with E-state index < -0.39 is 0 Å². The average Bonchev–Trinajstić information content (AvgIpc) is 2.78. The van der Waals surface area contributed by atoms with Crippen LogP contribution in [-0.4, -0.2) is 23.3 Å². The molecule has 2 aromatic rings. The van der Waals surface area contributed by atoms with Gasteiger partial charge in [-0.25, -0.2) is 4.98 Å². The number of ether oxygens (including phenoxy) is 1. The molecule has 1 aromatic carbocycles. The molecule has 5 heteroatoms. The SMILES string of the molecule is CCc1cc(Br)ccc1Nc1nc(C)cn1CCOC. The zero-order valence-electron chi connectivity index (χ0n) is 12.1. The maximum absolute atomic E-state index is 5.14. The van der Waals surface area contributed by atoms with E-state index in [0.29, 0.717) is 6.61 Å². The molecule has 0 saturated heterocycles. The molecule has 1 aromatic heterocycles. The number of hydrogen-bond acceptors (Lipinski definition) is 3. The molecule has 108 valence electrons. The highest BCUT2D eigenvalue weighted by Gasteiger charge is 2.08. The normalized spacial score (nSPS) is 10.8. The third kappa shape index (κ3) is 3.61. The van der Waals surface area contributed by atoms with Crippen LogP contribution in [-0.2, 0) is 17.7 Å². The molecule has 0 unspecified atom stereocenters. The molecular formula is C15H20BrN3O. The predicted octanol–water partition coefficient (Wildman–Crippen LogP) is 3.91. The van der Waals surface area contributed by atoms with Crippen molar-refractivity contribution in [2.24, 2.45) is 0 Å². The van der Waals surface area contributed by atoms with Gasteiger partial charge in [-0.05, 0) is 37.1 Å². The number of halogens is 1. The predicted molar refractivity (Wildman–Crippen MR) is 85.6 cm³/mol. The number of imidazole rings is 1. The first-order valence-corrected chi connectivity index (χ1v) is 7.51. The van der Waals surface area contributed by atoms with Gasteiger partial charge in [0, 0.05) is 30.0 Å². The summed E-state index contributed by atoms with van der Waals surface area (Å²) >= 11 is 3.51. The summed E-state index contributed by atoms with van der Waals surface area (Å²) in [6.45, 7) is 5.61. The van der Waals surface area contributed by atoms with Crippen LogP contribution >= 0.6 is 15.9 Å². The van der Waals surface area contributed by atoms with Crippen LogP contribution in [0.1, 0.15) is 18.2 Å². The van der Waals surface area contributed by atoms with Crippen LogP contribution in [0, 0.1) is 6.92 Å². The molecule has 0 spiro atoms. The molecule has 0 aliphatic carbocycles. The van der Waals surface area contributed by atoms with Gasteiger partial charge < -0.3 is 14.6 Å². The molecule has 0 bridgehead atoms. The minimum atomic E-state index is 0.672. The highest BCUT2D eigenvalue weighted by Crippen LogP contribution is 2.24. The number of nitrogens with zero attached hydrogens (tertiary/aromatic N) is 2. The first-order chi connectivity index (χ1) is 9.63. The largest absolute Gasteiger partial charge is 0.383 e. The van der Waals surface area contributed by atoms with E-state index in [0.717, 1.165) is 34.8 Å². The van der Waals surface area contributed by atoms with Crippen molar-refractivity contribution >= 4 is 27.6 Å². The molecule has 0 saturated carbocycles. The number of hydrogen-bond donors (Lipinski definition) is 1. The Labute approximate surface area is 128 Å². The molecule has 0 fully saturated rings. The quantitative estimate of drug-likeness (QED) is 0.868. The summed E-state index contributed by atoms with van der Waals surface area (Å²) in [5.74, 6) is 0.858. The summed E-state index contributed by atoms with van der Waals surface area (Å²) in [4.78, 5) is 4.54. The van der Waals surface area contributed by atoms with Crippen molar-refractivity contribution in [3.8, 4) is 0 Å². The molecule has 20 heavy (non-hydrogen) atoms. The van der Waals surface area contributed by atoms with Gasteiger partial charge in [0.2, 0.25) is 5.95 Å². The summed E-state index contributed by atoms with van der Waals surface area (Å²) in [6, 6.07) is 6.25. The number of aromatic nitrogens is 2. The van der Waals surface area contributed by atoms with Crippen LogP contribution in [0.5, 0.6) is 0 Å². The van der Waals surface area contributed by atoms with Crippen LogP contribution in [0.15, 0.2) is 28.9 Å². The van der Waals surface area contributed by atoms with Gasteiger partial charge in [0.15, 0.2) is 0 Å². The van der Waals surface area contributed by atoms with Crippen LogP contribution < -0.4 is 5.32 Å². The first kappa shape index (κ1) is 15.1. The minimum absolute atomic E-state index is 0.672. The standard InChI is InChI=1S/C15H20BrN3O/c1-4-12-9-13(16)5-6-14(12)18-15-17-11(2)10-19(15)7-8-20-3/h5-6,9-10H,4,7-8H2,1-3H3,(H,17,18). The third-order valence-corrected chi connectivity index (χ3v) is 3.62. The van der Waals surface area contributed by atoms with Crippen LogP contribution in [0.3, 0.4) is 0 Å². The van der Waals surface area contributed by atoms with Crippen molar-refractivity contribution in [3.05, 3.63) is 40.1 Å². The van der Waals surface area contributed by atoms with Crippen molar-refractivity contribution in [1.82, 2.24) is 9.55 Å². The zero-order chi connectivity index (χ0) is 14.5. The summed E-state index contributed by atoms with van der Waals surface area (Å²) in [5.41, 5.74) is 3.36. The van der Waals surface area contributed by atoms with Gasteiger partial charge in [0.25, 0.3) is 0 Å². The second-order valence-electron chi connectivity index (χ2n) is 4.67. The smallest absolute Gasteiger partial charge is 0.207 e. The monoisotopic (exact) mass is 337 g/mol. The number of benzene rings is 1. The van der Waals surface area contributed by atoms with Gasteiger partial charge in [0.1, 0.15) is 0 Å². The van der Waals surface area contributed by atoms with Crippen LogP contribution in [0.4, 0.5) is 11.6 Å². The lowest BCUT2D eigenvalue weighted by atomic mass is 10.1. The third-order valence-electron chi connectivity index (χ3n) is 3.13. The van der Waals surface area contributed by atoms with Crippen molar-refractivity contribution < 1.29 is 4.74 Å². The highest BCUT2D eigenvalue weighted by molar-refractivity contribution is 9.10. The van der Waals surface area contributed by atoms with Gasteiger partial charge in [-0.15, -0.1) is 0 Å². The lowest BCUT2D eigenvalue weighted by Crippen LogP contribution is -2.08. The van der Waals surface area contributed by atoms with Gasteiger partial charge in [-0.3, -0.25) is 0 Å². The average molecular weight is 338 g/mol. The number of rotatable bonds is 6. The van der Waals surface area contributed by atoms with Crippen molar-refractivity contribution in [1.29, 1.82) is 0 Å². The summed E-state index contributed by atoms with van der Waals surface area (Å²) in [7, 11) is 1.71. The number of anilines is 2. The fraction of sp³-hybridized carbons (Fsp3) is 0.400. The molecule has 1 heterocycles. The second kappa shape index (κ2) is 6.90. The lowest BCUT2D eigenvalue weighted by Gasteiger charge is -2.12. The van der Waals surface area contributed by atoms with Crippen molar-refractivity contribution in [2.75, 3.05) is 19.0 Å². The van der Waals surface area contributed by atoms with Crippen LogP contribution in [0.25, 0.3) is 0 Å². The van der Waals surface area contributed by atoms with Crippen molar-refractivity contribution in [2.45, 2.75) is 26.8 Å². The zero-order valence-corrected chi connectivity index (χ0v) is 13.7. The van der Waals surface area contributed by atoms with Crippen molar-refractivity contribution in [3.63, 3.8) is 0 Å². The molecule has 0 atom stereocenters. The fourth-order valence-electron chi connectivity index (χ4n) is 2.10. The Morgan fingerprint density at radius 3 is 2.90 bits per heavy atom. The summed E-state index contributed by atoms with van der Waals surface area (Å²) in [5, 5.41) is 3.42. The minimum Gasteiger partial charge on any atom is -0.383 e. The fourth-order valence-corrected chi connectivity index (χ4v) is 2.51. The molecular weight excluding hydrogens is 318 g/mol. The van der Waals surface area contributed by atoms with E-state index in [9.17, 15) is 0 Å². The Hall–Kier alpha value is -1.33. The molecule has 0 aliphatic heterocycles. The molecule has 1 N–H and O–H groups in total. The lowest BCUT2D eigenvalue weighted by molar-refractivity contribution is 0.188. The number of methoxy groups -OCH3 is 1. The molecule has 4 nitrogen and oxygen atoms in total. The van der Waals surface area contributed by atoms with E-state index in [1.807, 2.05) is 19.2 Å². The van der Waals surface area contributed by atoms with Gasteiger partial charge in [0.05, 0.1) is 12.3 Å². The van der Waals surface area contributed by atoms with E-state index in [1.54, 1.807) is 7.11 Å². The first-order valence-electron chi connectivity index (χ1n) is 6.72. The maximum Gasteiger partial charge on any atom is 0.207 e. The van der Waals surface area contributed by atoms with Gasteiger partial charge >= 0.3 is 0 Å². The van der Waals surface area contributed by atoms with Crippen LogP contribution in [0.2, 0.25) is 0 Å². The molecule has 0 radical (unpaired) electrons. The molecule has 0 amide bonds. The molecule has 0 aliphatic rings. The van der Waals surface area contributed by atoms with E-state index in [1.165, 1.54) is 5.56 Å². The summed E-state index contributed by atoms with van der Waals surface area (Å²) < 4.78 is 8.32. The van der Waals surface area contributed by atoms with E-state index in [2.05, 4.69) is 49.9 Å². The number of nitrogens with one attached hydrogen (secondary N) is 1. The Bertz CT molecular complexity index is 580. The van der Waals surface area contributed by atoms with E-state index >= 15 is 0 Å². The molecule has 2 rings (SSSR count). The second-order valence-corrected chi connectivity index (χ2v) is 5.59. The highest BCUT2D eigenvalue weighted by atomic mass is 79.9. The summed E-state index contributed by atoms with van der Waals surface area (Å²) in [6.07, 6.45) is 3.01. The topological polar surface area (TPSA) is 39.1 Å². The van der Waals surface area contributed by atoms with Gasteiger partial charge in [-0.1, -0.05) is 22.9 Å². The van der Waals surface area contributed by atoms with E-state index in [4.69, 9.17) is 4.74 Å². The van der Waals surface area contributed by atoms with E-state index in [-0.39, 0.29) is 0 Å².